The summed E-state index contributed by atoms with van der Waals surface area (Å²) >= 11 is 0. The molecule has 0 aliphatic heterocycles. The summed E-state index contributed by atoms with van der Waals surface area (Å²) in [6, 6.07) is 7.74. The summed E-state index contributed by atoms with van der Waals surface area (Å²) in [5, 5.41) is 10.3. The molecule has 0 amide bonds. The molecule has 0 spiro atoms. The molecule has 0 bridgehead atoms. The third kappa shape index (κ3) is 1.62. The zero-order chi connectivity index (χ0) is 10.0. The molecule has 1 aromatic rings. The number of methoxy groups -OCH3 is 1. The van der Waals surface area contributed by atoms with Crippen molar-refractivity contribution in [3.05, 3.63) is 29.8 Å². The highest BCUT2D eigenvalue weighted by atomic mass is 16.5. The molecule has 0 heterocycles. The molecule has 0 saturated heterocycles. The Kier molecular flexibility index (Phi) is 2.46. The quantitative estimate of drug-likeness (QED) is 0.780. The maximum Gasteiger partial charge on any atom is 0.118 e. The van der Waals surface area contributed by atoms with E-state index in [0.717, 1.165) is 37.0 Å². The third-order valence-corrected chi connectivity index (χ3v) is 3.06. The summed E-state index contributed by atoms with van der Waals surface area (Å²) in [5.41, 5.74) is 0.447. The minimum atomic E-state index is -0.577. The van der Waals surface area contributed by atoms with E-state index in [1.807, 2.05) is 24.3 Å². The number of hydrogen-bond donors (Lipinski definition) is 1. The topological polar surface area (TPSA) is 29.5 Å². The van der Waals surface area contributed by atoms with Crippen molar-refractivity contribution in [2.75, 3.05) is 7.11 Å². The van der Waals surface area contributed by atoms with Gasteiger partial charge >= 0.3 is 0 Å². The lowest BCUT2D eigenvalue weighted by Gasteiger charge is -2.22. The molecule has 0 atom stereocenters. The predicted molar refractivity (Wildman–Crippen MR) is 55.4 cm³/mol. The fourth-order valence-electron chi connectivity index (χ4n) is 2.15. The zero-order valence-corrected chi connectivity index (χ0v) is 8.49. The number of rotatable bonds is 2. The molecule has 1 saturated carbocycles. The van der Waals surface area contributed by atoms with Crippen molar-refractivity contribution < 1.29 is 9.84 Å². The van der Waals surface area contributed by atoms with E-state index in [4.69, 9.17) is 4.74 Å². The predicted octanol–water partition coefficient (Wildman–Crippen LogP) is 2.46. The Morgan fingerprint density at radius 3 is 2.21 bits per heavy atom. The van der Waals surface area contributed by atoms with E-state index in [0.29, 0.717) is 0 Å². The fraction of sp³-hybridized carbons (Fsp3) is 0.500. The van der Waals surface area contributed by atoms with Crippen LogP contribution in [-0.2, 0) is 5.60 Å². The average molecular weight is 192 g/mol. The van der Waals surface area contributed by atoms with Gasteiger partial charge in [-0.15, -0.1) is 0 Å². The van der Waals surface area contributed by atoms with E-state index in [2.05, 4.69) is 0 Å². The zero-order valence-electron chi connectivity index (χ0n) is 8.49. The Bertz CT molecular complexity index is 297. The molecule has 1 aliphatic carbocycles. The van der Waals surface area contributed by atoms with E-state index >= 15 is 0 Å². The molecule has 1 N–H and O–H groups in total. The molecule has 14 heavy (non-hydrogen) atoms. The monoisotopic (exact) mass is 192 g/mol. The van der Waals surface area contributed by atoms with Gasteiger partial charge in [0.25, 0.3) is 0 Å². The summed E-state index contributed by atoms with van der Waals surface area (Å²) in [6.07, 6.45) is 4.03. The maximum absolute atomic E-state index is 10.3. The van der Waals surface area contributed by atoms with Crippen LogP contribution in [0.1, 0.15) is 31.2 Å². The van der Waals surface area contributed by atoms with E-state index < -0.39 is 5.60 Å². The molecule has 2 nitrogen and oxygen atoms in total. The van der Waals surface area contributed by atoms with Crippen LogP contribution in [0.4, 0.5) is 0 Å². The largest absolute Gasteiger partial charge is 0.497 e. The van der Waals surface area contributed by atoms with Crippen molar-refractivity contribution in [2.45, 2.75) is 31.3 Å². The Balaban J connectivity index is 2.23. The van der Waals surface area contributed by atoms with Gasteiger partial charge in [-0.05, 0) is 30.5 Å². The fourth-order valence-corrected chi connectivity index (χ4v) is 2.15. The second-order valence-corrected chi connectivity index (χ2v) is 3.97. The first-order valence-corrected chi connectivity index (χ1v) is 5.11. The van der Waals surface area contributed by atoms with Crippen molar-refractivity contribution in [1.82, 2.24) is 0 Å². The smallest absolute Gasteiger partial charge is 0.118 e. The van der Waals surface area contributed by atoms with Gasteiger partial charge in [0.05, 0.1) is 12.7 Å². The second-order valence-electron chi connectivity index (χ2n) is 3.97. The van der Waals surface area contributed by atoms with E-state index in [9.17, 15) is 5.11 Å². The molecule has 1 fully saturated rings. The molecule has 1 aliphatic rings. The average Bonchev–Trinajstić information content (AvgIpc) is 2.67. The van der Waals surface area contributed by atoms with Crippen LogP contribution in [0.2, 0.25) is 0 Å². The van der Waals surface area contributed by atoms with E-state index in [1.54, 1.807) is 7.11 Å². The van der Waals surface area contributed by atoms with Gasteiger partial charge in [0.2, 0.25) is 0 Å². The van der Waals surface area contributed by atoms with Crippen molar-refractivity contribution in [3.8, 4) is 5.75 Å². The van der Waals surface area contributed by atoms with Gasteiger partial charge in [-0.1, -0.05) is 25.0 Å². The van der Waals surface area contributed by atoms with Gasteiger partial charge in [-0.25, -0.2) is 0 Å². The van der Waals surface area contributed by atoms with Crippen LogP contribution in [0.3, 0.4) is 0 Å². The highest BCUT2D eigenvalue weighted by Gasteiger charge is 2.32. The Morgan fingerprint density at radius 2 is 1.71 bits per heavy atom. The first kappa shape index (κ1) is 9.53. The lowest BCUT2D eigenvalue weighted by Crippen LogP contribution is -2.20. The molecule has 1 aromatic carbocycles. The van der Waals surface area contributed by atoms with Crippen molar-refractivity contribution in [3.63, 3.8) is 0 Å². The van der Waals surface area contributed by atoms with Crippen LogP contribution in [-0.4, -0.2) is 12.2 Å². The van der Waals surface area contributed by atoms with E-state index in [-0.39, 0.29) is 0 Å². The number of ether oxygens (including phenoxy) is 1. The minimum absolute atomic E-state index is 0.577. The normalized spacial score (nSPS) is 19.6. The lowest BCUT2D eigenvalue weighted by atomic mass is 9.92. The number of hydrogen-bond acceptors (Lipinski definition) is 2. The molecule has 0 unspecified atom stereocenters. The highest BCUT2D eigenvalue weighted by molar-refractivity contribution is 5.31. The lowest BCUT2D eigenvalue weighted by molar-refractivity contribution is 0.0444. The molecule has 76 valence electrons. The van der Waals surface area contributed by atoms with Crippen LogP contribution in [0.15, 0.2) is 24.3 Å². The summed E-state index contributed by atoms with van der Waals surface area (Å²) in [6.45, 7) is 0. The first-order chi connectivity index (χ1) is 6.74. The molecular formula is C12H16O2. The van der Waals surface area contributed by atoms with Crippen LogP contribution in [0.25, 0.3) is 0 Å². The molecule has 0 radical (unpaired) electrons. The molecule has 0 aromatic heterocycles. The van der Waals surface area contributed by atoms with Gasteiger partial charge in [0, 0.05) is 0 Å². The van der Waals surface area contributed by atoms with Crippen molar-refractivity contribution in [1.29, 1.82) is 0 Å². The van der Waals surface area contributed by atoms with Gasteiger partial charge in [0.15, 0.2) is 0 Å². The minimum Gasteiger partial charge on any atom is -0.497 e. The highest BCUT2D eigenvalue weighted by Crippen LogP contribution is 2.38. The summed E-state index contributed by atoms with van der Waals surface area (Å²) in [7, 11) is 1.65. The van der Waals surface area contributed by atoms with Crippen LogP contribution >= 0.6 is 0 Å². The summed E-state index contributed by atoms with van der Waals surface area (Å²) in [4.78, 5) is 0. The van der Waals surface area contributed by atoms with E-state index in [1.165, 1.54) is 0 Å². The van der Waals surface area contributed by atoms with Crippen molar-refractivity contribution >= 4 is 0 Å². The van der Waals surface area contributed by atoms with Gasteiger partial charge in [-0.2, -0.15) is 0 Å². The number of aliphatic hydroxyl groups is 1. The third-order valence-electron chi connectivity index (χ3n) is 3.06. The van der Waals surface area contributed by atoms with Crippen LogP contribution in [0, 0.1) is 0 Å². The van der Waals surface area contributed by atoms with Crippen molar-refractivity contribution in [2.24, 2.45) is 0 Å². The van der Waals surface area contributed by atoms with Crippen LogP contribution < -0.4 is 4.74 Å². The van der Waals surface area contributed by atoms with Gasteiger partial charge in [0.1, 0.15) is 5.75 Å². The maximum atomic E-state index is 10.3. The van der Waals surface area contributed by atoms with Gasteiger partial charge < -0.3 is 9.84 Å². The molecule has 2 heteroatoms. The second kappa shape index (κ2) is 3.62. The Morgan fingerprint density at radius 1 is 1.14 bits per heavy atom. The molecule has 2 rings (SSSR count). The SMILES string of the molecule is COc1ccc(C2(O)CCCC2)cc1. The standard InChI is InChI=1S/C12H16O2/c1-14-11-6-4-10(5-7-11)12(13)8-2-3-9-12/h4-7,13H,2-3,8-9H2,1H3. The first-order valence-electron chi connectivity index (χ1n) is 5.11. The van der Waals surface area contributed by atoms with Crippen LogP contribution in [0.5, 0.6) is 5.75 Å². The Hall–Kier alpha value is -1.02. The number of benzene rings is 1. The summed E-state index contributed by atoms with van der Waals surface area (Å²) in [5.74, 6) is 0.843. The Labute approximate surface area is 84.5 Å². The molecular weight excluding hydrogens is 176 g/mol. The van der Waals surface area contributed by atoms with Gasteiger partial charge in [-0.3, -0.25) is 0 Å². The summed E-state index contributed by atoms with van der Waals surface area (Å²) < 4.78 is 5.08.